The third kappa shape index (κ3) is 1.97. The fourth-order valence-electron chi connectivity index (χ4n) is 3.49. The number of hydrogen-bond acceptors (Lipinski definition) is 3. The van der Waals surface area contributed by atoms with Crippen LogP contribution in [0.5, 0.6) is 0 Å². The summed E-state index contributed by atoms with van der Waals surface area (Å²) in [5.41, 5.74) is -0.744. The van der Waals surface area contributed by atoms with Gasteiger partial charge in [-0.15, -0.1) is 0 Å². The fourth-order valence-corrected chi connectivity index (χ4v) is 4.22. The van der Waals surface area contributed by atoms with Crippen molar-refractivity contribution in [1.82, 2.24) is 0 Å². The first-order valence-corrected chi connectivity index (χ1v) is 7.81. The van der Waals surface area contributed by atoms with E-state index in [0.29, 0.717) is 18.8 Å². The maximum atomic E-state index is 11.4. The molecule has 0 aromatic rings. The van der Waals surface area contributed by atoms with Crippen LogP contribution in [-0.2, 0) is 14.6 Å². The number of rotatable bonds is 4. The Labute approximate surface area is 96.0 Å². The molecule has 3 unspecified atom stereocenters. The molecule has 0 aliphatic heterocycles. The van der Waals surface area contributed by atoms with Crippen molar-refractivity contribution in [2.24, 2.45) is 17.3 Å². The van der Waals surface area contributed by atoms with Crippen molar-refractivity contribution >= 4 is 15.8 Å². The van der Waals surface area contributed by atoms with Gasteiger partial charge < -0.3 is 5.11 Å². The number of aliphatic carboxylic acids is 1. The molecule has 2 bridgehead atoms. The number of hydrogen-bond donors (Lipinski definition) is 1. The second kappa shape index (κ2) is 3.72. The van der Waals surface area contributed by atoms with Crippen LogP contribution in [0.15, 0.2) is 0 Å². The summed E-state index contributed by atoms with van der Waals surface area (Å²) in [6.07, 6.45) is 5.22. The molecule has 0 heterocycles. The highest BCUT2D eigenvalue weighted by molar-refractivity contribution is 7.90. The Hall–Kier alpha value is -0.580. The van der Waals surface area contributed by atoms with E-state index in [2.05, 4.69) is 0 Å². The number of carboxylic acid groups (broad SMARTS) is 1. The standard InChI is InChI=1S/C11H18O4S/c1-16(14,15)5-4-11(10(12)13)7-8-2-3-9(11)6-8/h8-9H,2-7H2,1H3,(H,12,13). The number of carboxylic acids is 1. The van der Waals surface area contributed by atoms with Gasteiger partial charge in [-0.25, -0.2) is 8.42 Å². The van der Waals surface area contributed by atoms with Crippen molar-refractivity contribution in [3.05, 3.63) is 0 Å². The highest BCUT2D eigenvalue weighted by Gasteiger charge is 2.55. The minimum atomic E-state index is -3.06. The zero-order valence-corrected chi connectivity index (χ0v) is 10.3. The van der Waals surface area contributed by atoms with Crippen LogP contribution in [0.1, 0.15) is 32.1 Å². The molecule has 1 N–H and O–H groups in total. The molecule has 2 fully saturated rings. The Morgan fingerprint density at radius 2 is 2.12 bits per heavy atom. The first-order chi connectivity index (χ1) is 7.33. The van der Waals surface area contributed by atoms with Crippen molar-refractivity contribution in [3.8, 4) is 0 Å². The molecule has 0 amide bonds. The summed E-state index contributed by atoms with van der Waals surface area (Å²) in [6, 6.07) is 0. The second-order valence-corrected chi connectivity index (χ2v) is 7.68. The van der Waals surface area contributed by atoms with Crippen molar-refractivity contribution in [2.45, 2.75) is 32.1 Å². The molecule has 16 heavy (non-hydrogen) atoms. The summed E-state index contributed by atoms with van der Waals surface area (Å²) in [6.45, 7) is 0. The minimum Gasteiger partial charge on any atom is -0.481 e. The molecule has 2 aliphatic carbocycles. The summed E-state index contributed by atoms with van der Waals surface area (Å²) in [5.74, 6) is -0.0662. The SMILES string of the molecule is CS(=O)(=O)CCC1(C(=O)O)CC2CCC1C2. The van der Waals surface area contributed by atoms with Crippen LogP contribution in [0, 0.1) is 17.3 Å². The summed E-state index contributed by atoms with van der Waals surface area (Å²) in [7, 11) is -3.06. The van der Waals surface area contributed by atoms with Crippen LogP contribution in [0.2, 0.25) is 0 Å². The third-order valence-electron chi connectivity index (χ3n) is 4.32. The number of fused-ring (bicyclic) bond motifs is 2. The molecular formula is C11H18O4S. The molecule has 0 radical (unpaired) electrons. The van der Waals surface area contributed by atoms with E-state index in [1.807, 2.05) is 0 Å². The molecule has 0 aromatic carbocycles. The van der Waals surface area contributed by atoms with Gasteiger partial charge >= 0.3 is 5.97 Å². The van der Waals surface area contributed by atoms with Gasteiger partial charge in [0.1, 0.15) is 9.84 Å². The maximum absolute atomic E-state index is 11.4. The van der Waals surface area contributed by atoms with E-state index >= 15 is 0 Å². The molecule has 2 rings (SSSR count). The molecule has 0 saturated heterocycles. The van der Waals surface area contributed by atoms with E-state index in [1.165, 1.54) is 6.26 Å². The maximum Gasteiger partial charge on any atom is 0.309 e. The summed E-state index contributed by atoms with van der Waals surface area (Å²) in [4.78, 5) is 11.4. The van der Waals surface area contributed by atoms with Gasteiger partial charge in [-0.3, -0.25) is 4.79 Å². The summed E-state index contributed by atoms with van der Waals surface area (Å²) < 4.78 is 22.3. The molecule has 5 heteroatoms. The molecule has 0 aromatic heterocycles. The molecule has 0 spiro atoms. The number of sulfone groups is 1. The average Bonchev–Trinajstić information content (AvgIpc) is 2.72. The lowest BCUT2D eigenvalue weighted by molar-refractivity contribution is -0.152. The Bertz CT molecular complexity index is 400. The normalized spacial score (nSPS) is 37.8. The lowest BCUT2D eigenvalue weighted by Gasteiger charge is -2.33. The van der Waals surface area contributed by atoms with E-state index < -0.39 is 21.2 Å². The average molecular weight is 246 g/mol. The Morgan fingerprint density at radius 3 is 2.50 bits per heavy atom. The predicted molar refractivity (Wildman–Crippen MR) is 59.8 cm³/mol. The lowest BCUT2D eigenvalue weighted by Crippen LogP contribution is -2.38. The molecule has 3 atom stereocenters. The topological polar surface area (TPSA) is 71.4 Å². The van der Waals surface area contributed by atoms with Gasteiger partial charge in [-0.05, 0) is 37.5 Å². The molecule has 92 valence electrons. The smallest absolute Gasteiger partial charge is 0.309 e. The number of carbonyl (C=O) groups is 1. The molecule has 4 nitrogen and oxygen atoms in total. The van der Waals surface area contributed by atoms with Gasteiger partial charge in [0.2, 0.25) is 0 Å². The largest absolute Gasteiger partial charge is 0.481 e. The van der Waals surface area contributed by atoms with Crippen LogP contribution in [-0.4, -0.2) is 31.5 Å². The fraction of sp³-hybridized carbons (Fsp3) is 0.909. The predicted octanol–water partition coefficient (Wildman–Crippen LogP) is 1.31. The zero-order chi connectivity index (χ0) is 12.0. The molecule has 2 aliphatic rings. The van der Waals surface area contributed by atoms with Crippen LogP contribution >= 0.6 is 0 Å². The van der Waals surface area contributed by atoms with Gasteiger partial charge in [0.05, 0.1) is 11.2 Å². The highest BCUT2D eigenvalue weighted by atomic mass is 32.2. The Morgan fingerprint density at radius 1 is 1.44 bits per heavy atom. The van der Waals surface area contributed by atoms with Crippen molar-refractivity contribution in [1.29, 1.82) is 0 Å². The molecule has 2 saturated carbocycles. The Kier molecular flexibility index (Phi) is 2.77. The van der Waals surface area contributed by atoms with Gasteiger partial charge in [-0.1, -0.05) is 6.42 Å². The van der Waals surface area contributed by atoms with Crippen LogP contribution in [0.25, 0.3) is 0 Å². The quantitative estimate of drug-likeness (QED) is 0.812. The van der Waals surface area contributed by atoms with Crippen molar-refractivity contribution in [3.63, 3.8) is 0 Å². The Balaban J connectivity index is 2.15. The summed E-state index contributed by atoms with van der Waals surface area (Å²) >= 11 is 0. The highest BCUT2D eigenvalue weighted by Crippen LogP contribution is 2.57. The van der Waals surface area contributed by atoms with E-state index in [0.717, 1.165) is 19.3 Å². The van der Waals surface area contributed by atoms with Crippen molar-refractivity contribution in [2.75, 3.05) is 12.0 Å². The van der Waals surface area contributed by atoms with Gasteiger partial charge in [0.25, 0.3) is 0 Å². The van der Waals surface area contributed by atoms with Crippen LogP contribution in [0.3, 0.4) is 0 Å². The lowest BCUT2D eigenvalue weighted by atomic mass is 9.71. The van der Waals surface area contributed by atoms with Gasteiger partial charge in [-0.2, -0.15) is 0 Å². The second-order valence-electron chi connectivity index (χ2n) is 5.42. The first-order valence-electron chi connectivity index (χ1n) is 5.75. The van der Waals surface area contributed by atoms with E-state index in [-0.39, 0.29) is 11.7 Å². The zero-order valence-electron chi connectivity index (χ0n) is 9.48. The van der Waals surface area contributed by atoms with E-state index in [1.54, 1.807) is 0 Å². The first kappa shape index (κ1) is 11.9. The van der Waals surface area contributed by atoms with Gasteiger partial charge in [0.15, 0.2) is 0 Å². The van der Waals surface area contributed by atoms with Crippen LogP contribution in [0.4, 0.5) is 0 Å². The third-order valence-corrected chi connectivity index (χ3v) is 5.27. The van der Waals surface area contributed by atoms with Crippen molar-refractivity contribution < 1.29 is 18.3 Å². The van der Waals surface area contributed by atoms with E-state index in [4.69, 9.17) is 0 Å². The minimum absolute atomic E-state index is 0.00250. The summed E-state index contributed by atoms with van der Waals surface area (Å²) in [5, 5.41) is 9.39. The monoisotopic (exact) mass is 246 g/mol. The van der Waals surface area contributed by atoms with Gasteiger partial charge in [0, 0.05) is 6.26 Å². The van der Waals surface area contributed by atoms with Crippen LogP contribution < -0.4 is 0 Å². The van der Waals surface area contributed by atoms with E-state index in [9.17, 15) is 18.3 Å². The molecular weight excluding hydrogens is 228 g/mol.